The highest BCUT2D eigenvalue weighted by molar-refractivity contribution is 14.2. The second-order valence-corrected chi connectivity index (χ2v) is 13.4. The number of nitrogens with zero attached hydrogens (tertiary/aromatic N) is 6. The number of unbranched alkanes of at least 4 members (excludes halogenated alkanes) is 1. The van der Waals surface area contributed by atoms with E-state index in [-0.39, 0.29) is 18.7 Å². The van der Waals surface area contributed by atoms with Crippen molar-refractivity contribution in [3.63, 3.8) is 0 Å². The van der Waals surface area contributed by atoms with E-state index in [1.165, 1.54) is 4.90 Å². The van der Waals surface area contributed by atoms with Crippen LogP contribution < -0.4 is 10.1 Å². The van der Waals surface area contributed by atoms with E-state index in [2.05, 4.69) is 53.5 Å². The van der Waals surface area contributed by atoms with Gasteiger partial charge in [-0.25, -0.2) is 18.0 Å². The van der Waals surface area contributed by atoms with E-state index in [1.54, 1.807) is 33.4 Å². The predicted octanol–water partition coefficient (Wildman–Crippen LogP) is 6.91. The molecule has 1 N–H and O–H groups in total. The summed E-state index contributed by atoms with van der Waals surface area (Å²) in [5, 5.41) is 16.7. The standard InChI is InChI=1S/C29H34F5IN7O4P/c1-28(2,3)46-27(43)40(16-19-10-23(30)26(24(31)11-19)45-29(32,33)34)7-4-5-8-44-9-6-36-14-20-12-21(41-17-37-38-18-41)13-25-22(20)15-39-42(25)47-35/h10-13,15,17-18,36,47H,4-9,14,16H2,1-3H3. The molecule has 4 rings (SSSR count). The second-order valence-electron chi connectivity index (χ2n) is 11.4. The molecule has 4 aromatic rings. The smallest absolute Gasteiger partial charge is 0.444 e. The van der Waals surface area contributed by atoms with E-state index in [0.29, 0.717) is 57.7 Å². The summed E-state index contributed by atoms with van der Waals surface area (Å²) in [6.45, 7) is 6.87. The molecule has 1 amide bonds. The molecule has 0 saturated heterocycles. The first-order valence-electron chi connectivity index (χ1n) is 14.5. The fourth-order valence-electron chi connectivity index (χ4n) is 4.55. The summed E-state index contributed by atoms with van der Waals surface area (Å²) in [5.41, 5.74) is 2.10. The van der Waals surface area contributed by atoms with Gasteiger partial charge in [-0.1, -0.05) is 0 Å². The first kappa shape index (κ1) is 36.7. The minimum atomic E-state index is -5.26. The van der Waals surface area contributed by atoms with Gasteiger partial charge in [0.2, 0.25) is 5.75 Å². The summed E-state index contributed by atoms with van der Waals surface area (Å²) in [5.74, 6) is -4.63. The Balaban J connectivity index is 1.25. The molecule has 18 heteroatoms. The molecule has 2 heterocycles. The number of ether oxygens (including phenoxy) is 3. The summed E-state index contributed by atoms with van der Waals surface area (Å²) in [7, 11) is 0. The zero-order chi connectivity index (χ0) is 34.2. The number of nitrogens with one attached hydrogen (secondary N) is 1. The van der Waals surface area contributed by atoms with Gasteiger partial charge >= 0.3 is 12.5 Å². The number of fused-ring (bicyclic) bond motifs is 1. The van der Waals surface area contributed by atoms with E-state index in [9.17, 15) is 26.7 Å². The number of alkyl halides is 3. The van der Waals surface area contributed by atoms with E-state index in [4.69, 9.17) is 9.47 Å². The molecule has 0 aliphatic rings. The minimum absolute atomic E-state index is 0.0609. The Bertz CT molecular complexity index is 1610. The lowest BCUT2D eigenvalue weighted by Gasteiger charge is -2.27. The van der Waals surface area contributed by atoms with Crippen molar-refractivity contribution in [1.82, 2.24) is 34.5 Å². The normalized spacial score (nSPS) is 12.4. The van der Waals surface area contributed by atoms with Crippen LogP contribution in [0, 0.1) is 11.6 Å². The summed E-state index contributed by atoms with van der Waals surface area (Å²) in [6, 6.07) is 5.51. The maximum atomic E-state index is 14.3. The fourth-order valence-corrected chi connectivity index (χ4v) is 6.08. The van der Waals surface area contributed by atoms with Gasteiger partial charge in [-0.15, -0.1) is 23.4 Å². The maximum absolute atomic E-state index is 14.3. The van der Waals surface area contributed by atoms with Crippen LogP contribution in [0.1, 0.15) is 44.7 Å². The highest BCUT2D eigenvalue weighted by Crippen LogP contribution is 2.32. The minimum Gasteiger partial charge on any atom is -0.444 e. The molecule has 11 nitrogen and oxygen atoms in total. The second kappa shape index (κ2) is 16.3. The quantitative estimate of drug-likeness (QED) is 0.0599. The predicted molar refractivity (Wildman–Crippen MR) is 174 cm³/mol. The van der Waals surface area contributed by atoms with Crippen LogP contribution in [0.5, 0.6) is 5.75 Å². The first-order chi connectivity index (χ1) is 22.2. The zero-order valence-corrected chi connectivity index (χ0v) is 28.9. The monoisotopic (exact) mass is 797 g/mol. The highest BCUT2D eigenvalue weighted by atomic mass is 127. The number of benzene rings is 2. The Morgan fingerprint density at radius 3 is 2.38 bits per heavy atom. The van der Waals surface area contributed by atoms with Crippen molar-refractivity contribution in [2.45, 2.75) is 58.7 Å². The molecule has 256 valence electrons. The number of hydrogen-bond donors (Lipinski definition) is 1. The average Bonchev–Trinajstić information content (AvgIpc) is 3.66. The summed E-state index contributed by atoms with van der Waals surface area (Å²) in [4.78, 5) is 14.1. The number of carbonyl (C=O) groups is 1. The van der Waals surface area contributed by atoms with Crippen LogP contribution in [0.2, 0.25) is 0 Å². The molecule has 2 aromatic heterocycles. The third-order valence-corrected chi connectivity index (χ3v) is 8.45. The number of aromatic nitrogens is 5. The molecule has 0 spiro atoms. The van der Waals surface area contributed by atoms with E-state index in [0.717, 1.165) is 22.2 Å². The lowest BCUT2D eigenvalue weighted by Crippen LogP contribution is -2.37. The van der Waals surface area contributed by atoms with Gasteiger partial charge in [0.15, 0.2) is 11.6 Å². The Morgan fingerprint density at radius 1 is 1.04 bits per heavy atom. The zero-order valence-electron chi connectivity index (χ0n) is 25.8. The summed E-state index contributed by atoms with van der Waals surface area (Å²) >= 11 is 2.29. The molecule has 0 bridgehead atoms. The Labute approximate surface area is 282 Å². The number of carbonyl (C=O) groups excluding carboxylic acids is 1. The van der Waals surface area contributed by atoms with E-state index < -0.39 is 35.4 Å². The highest BCUT2D eigenvalue weighted by Gasteiger charge is 2.34. The largest absolute Gasteiger partial charge is 0.573 e. The average molecular weight is 798 g/mol. The number of halogens is 6. The lowest BCUT2D eigenvalue weighted by atomic mass is 10.1. The van der Waals surface area contributed by atoms with E-state index in [1.807, 2.05) is 21.3 Å². The van der Waals surface area contributed by atoms with Gasteiger partial charge < -0.3 is 24.4 Å². The Kier molecular flexibility index (Phi) is 12.7. The van der Waals surface area contributed by atoms with Crippen molar-refractivity contribution in [3.05, 3.63) is 65.9 Å². The molecule has 0 saturated carbocycles. The van der Waals surface area contributed by atoms with Crippen LogP contribution >= 0.6 is 28.4 Å². The topological polar surface area (TPSA) is 109 Å². The van der Waals surface area contributed by atoms with Crippen LogP contribution in [0.15, 0.2) is 43.1 Å². The van der Waals surface area contributed by atoms with Gasteiger partial charge in [0.25, 0.3) is 0 Å². The van der Waals surface area contributed by atoms with Crippen LogP contribution in [0.25, 0.3) is 16.6 Å². The Hall–Kier alpha value is -3.15. The number of rotatable bonds is 15. The van der Waals surface area contributed by atoms with Crippen molar-refractivity contribution in [2.75, 3.05) is 26.3 Å². The molecule has 0 radical (unpaired) electrons. The van der Waals surface area contributed by atoms with Gasteiger partial charge in [-0.2, -0.15) is 5.10 Å². The van der Waals surface area contributed by atoms with Gasteiger partial charge in [-0.3, -0.25) is 4.57 Å². The van der Waals surface area contributed by atoms with Crippen molar-refractivity contribution >= 4 is 45.4 Å². The first-order valence-corrected chi connectivity index (χ1v) is 18.5. The third-order valence-electron chi connectivity index (χ3n) is 6.56. The van der Waals surface area contributed by atoms with Gasteiger partial charge in [-0.05, 0) is 91.0 Å². The SMILES string of the molecule is CC(C)(C)OC(=O)N(CCCCOCCNCc1cc(-n2cnnc2)cc2c1cnn2PI)Cc1cc(F)c(OC(F)(F)F)c(F)c1. The molecular formula is C29H34F5IN7O4P. The molecular weight excluding hydrogens is 763 g/mol. The fraction of sp³-hybridized carbons (Fsp3) is 0.448. The summed E-state index contributed by atoms with van der Waals surface area (Å²) < 4.78 is 84.5. The molecule has 0 fully saturated rings. The lowest BCUT2D eigenvalue weighted by molar-refractivity contribution is -0.276. The van der Waals surface area contributed by atoms with Crippen LogP contribution in [-0.4, -0.2) is 73.6 Å². The van der Waals surface area contributed by atoms with Crippen molar-refractivity contribution in [1.29, 1.82) is 0 Å². The molecule has 0 aliphatic heterocycles. The van der Waals surface area contributed by atoms with Crippen LogP contribution in [-0.2, 0) is 22.6 Å². The molecule has 2 aromatic carbocycles. The molecule has 47 heavy (non-hydrogen) atoms. The number of amides is 1. The van der Waals surface area contributed by atoms with Crippen molar-refractivity contribution in [2.24, 2.45) is 0 Å². The van der Waals surface area contributed by atoms with Crippen LogP contribution in [0.4, 0.5) is 26.7 Å². The van der Waals surface area contributed by atoms with Crippen LogP contribution in [0.3, 0.4) is 0 Å². The molecule has 1 atom stereocenters. The third kappa shape index (κ3) is 10.9. The van der Waals surface area contributed by atoms with Crippen molar-refractivity contribution < 1.29 is 41.0 Å². The molecule has 1 unspecified atom stereocenters. The summed E-state index contributed by atoms with van der Waals surface area (Å²) in [6.07, 6.45) is 0.631. The molecule has 0 aliphatic carbocycles. The Morgan fingerprint density at radius 2 is 1.74 bits per heavy atom. The van der Waals surface area contributed by atoms with Gasteiger partial charge in [0, 0.05) is 38.2 Å². The number of hydrogen-bond acceptors (Lipinski definition) is 8. The van der Waals surface area contributed by atoms with Gasteiger partial charge in [0.1, 0.15) is 18.3 Å². The van der Waals surface area contributed by atoms with Crippen molar-refractivity contribution in [3.8, 4) is 11.4 Å². The van der Waals surface area contributed by atoms with E-state index >= 15 is 0 Å². The maximum Gasteiger partial charge on any atom is 0.573 e. The van der Waals surface area contributed by atoms with Gasteiger partial charge in [0.05, 0.1) is 30.4 Å².